The number of aromatic amines is 1. The molecule has 0 bridgehead atoms. The van der Waals surface area contributed by atoms with Crippen LogP contribution in [0.1, 0.15) is 27.2 Å². The van der Waals surface area contributed by atoms with Crippen LogP contribution >= 0.6 is 0 Å². The van der Waals surface area contributed by atoms with Gasteiger partial charge in [-0.25, -0.2) is 10.1 Å². The Morgan fingerprint density at radius 1 is 1.28 bits per heavy atom. The predicted molar refractivity (Wildman–Crippen MR) is 95.2 cm³/mol. The van der Waals surface area contributed by atoms with Crippen molar-refractivity contribution in [2.24, 2.45) is 5.10 Å². The van der Waals surface area contributed by atoms with Gasteiger partial charge in [-0.3, -0.25) is 19.7 Å². The smallest absolute Gasteiger partial charge is 0.280 e. The van der Waals surface area contributed by atoms with Crippen LogP contribution in [0.25, 0.3) is 5.69 Å². The first kappa shape index (κ1) is 16.4. The van der Waals surface area contributed by atoms with Crippen LogP contribution in [-0.2, 0) is 0 Å². The maximum atomic E-state index is 12.6. The molecule has 2 aromatic heterocycles. The number of carbonyl (C=O) groups is 1. The Labute approximate surface area is 144 Å². The standard InChI is InChI=1S/C18H17N5O2/c1-12-5-3-7-15(9-12)23-18(25)16(13(2)22-23)11-20-21-17(24)14-6-4-8-19-10-14/h3-11,22H,1-2H3,(H,21,24). The second kappa shape index (κ2) is 6.96. The van der Waals surface area contributed by atoms with E-state index in [0.29, 0.717) is 16.8 Å². The van der Waals surface area contributed by atoms with Crippen molar-refractivity contribution in [1.29, 1.82) is 0 Å². The maximum absolute atomic E-state index is 12.6. The first-order valence-electron chi connectivity index (χ1n) is 7.68. The number of aryl methyl sites for hydroxylation is 2. The summed E-state index contributed by atoms with van der Waals surface area (Å²) in [5.41, 5.74) is 5.38. The van der Waals surface area contributed by atoms with Gasteiger partial charge in [0.25, 0.3) is 11.5 Å². The van der Waals surface area contributed by atoms with Gasteiger partial charge in [-0.05, 0) is 43.7 Å². The molecule has 25 heavy (non-hydrogen) atoms. The summed E-state index contributed by atoms with van der Waals surface area (Å²) >= 11 is 0. The minimum Gasteiger partial charge on any atom is -0.295 e. The molecule has 3 aromatic rings. The lowest BCUT2D eigenvalue weighted by Gasteiger charge is -2.02. The first-order chi connectivity index (χ1) is 12.1. The van der Waals surface area contributed by atoms with Crippen molar-refractivity contribution >= 4 is 12.1 Å². The van der Waals surface area contributed by atoms with Gasteiger partial charge in [-0.15, -0.1) is 0 Å². The molecule has 7 heteroatoms. The number of carbonyl (C=O) groups excluding carboxylic acids is 1. The first-order valence-corrected chi connectivity index (χ1v) is 7.68. The van der Waals surface area contributed by atoms with Gasteiger partial charge in [0.15, 0.2) is 0 Å². The molecule has 0 fully saturated rings. The quantitative estimate of drug-likeness (QED) is 0.564. The molecule has 0 aliphatic carbocycles. The third-order valence-electron chi connectivity index (χ3n) is 3.66. The summed E-state index contributed by atoms with van der Waals surface area (Å²) < 4.78 is 1.45. The highest BCUT2D eigenvalue weighted by atomic mass is 16.2. The minimum absolute atomic E-state index is 0.234. The molecule has 0 saturated heterocycles. The fourth-order valence-electron chi connectivity index (χ4n) is 2.38. The van der Waals surface area contributed by atoms with Gasteiger partial charge in [0.1, 0.15) is 0 Å². The summed E-state index contributed by atoms with van der Waals surface area (Å²) in [6, 6.07) is 10.9. The number of hydrogen-bond donors (Lipinski definition) is 2. The number of hydrogen-bond acceptors (Lipinski definition) is 4. The van der Waals surface area contributed by atoms with E-state index in [1.54, 1.807) is 25.3 Å². The zero-order valence-electron chi connectivity index (χ0n) is 13.9. The summed E-state index contributed by atoms with van der Waals surface area (Å²) in [7, 11) is 0. The van der Waals surface area contributed by atoms with E-state index in [9.17, 15) is 9.59 Å². The number of aromatic nitrogens is 3. The van der Waals surface area contributed by atoms with Gasteiger partial charge >= 0.3 is 0 Å². The van der Waals surface area contributed by atoms with Crippen LogP contribution in [-0.4, -0.2) is 26.9 Å². The van der Waals surface area contributed by atoms with E-state index >= 15 is 0 Å². The number of benzene rings is 1. The van der Waals surface area contributed by atoms with Crippen molar-refractivity contribution in [1.82, 2.24) is 20.2 Å². The SMILES string of the molecule is Cc1cccc(-n2[nH]c(C)c(C=NNC(=O)c3cccnc3)c2=O)c1. The van der Waals surface area contributed by atoms with E-state index in [1.165, 1.54) is 17.1 Å². The molecule has 2 N–H and O–H groups in total. The fourth-order valence-corrected chi connectivity index (χ4v) is 2.38. The molecule has 0 aliphatic rings. The number of nitrogens with one attached hydrogen (secondary N) is 2. The Morgan fingerprint density at radius 3 is 2.84 bits per heavy atom. The normalized spacial score (nSPS) is 11.0. The van der Waals surface area contributed by atoms with Gasteiger partial charge in [0.05, 0.1) is 23.0 Å². The summed E-state index contributed by atoms with van der Waals surface area (Å²) in [5.74, 6) is -0.392. The maximum Gasteiger partial charge on any atom is 0.280 e. The van der Waals surface area contributed by atoms with E-state index in [2.05, 4.69) is 20.6 Å². The molecule has 7 nitrogen and oxygen atoms in total. The fraction of sp³-hybridized carbons (Fsp3) is 0.111. The number of hydrazone groups is 1. The molecular weight excluding hydrogens is 318 g/mol. The lowest BCUT2D eigenvalue weighted by molar-refractivity contribution is 0.0955. The molecule has 0 atom stereocenters. The largest absolute Gasteiger partial charge is 0.295 e. The summed E-state index contributed by atoms with van der Waals surface area (Å²) in [6.07, 6.45) is 4.36. The third-order valence-corrected chi connectivity index (χ3v) is 3.66. The van der Waals surface area contributed by atoms with E-state index in [-0.39, 0.29) is 5.56 Å². The number of rotatable bonds is 4. The lowest BCUT2D eigenvalue weighted by Crippen LogP contribution is -2.20. The molecule has 1 amide bonds. The van der Waals surface area contributed by atoms with Crippen LogP contribution in [0.2, 0.25) is 0 Å². The number of pyridine rings is 1. The molecule has 0 spiro atoms. The average Bonchev–Trinajstić information content (AvgIpc) is 2.90. The van der Waals surface area contributed by atoms with Crippen molar-refractivity contribution in [3.63, 3.8) is 0 Å². The Balaban J connectivity index is 1.82. The second-order valence-corrected chi connectivity index (χ2v) is 5.57. The Bertz CT molecular complexity index is 986. The third kappa shape index (κ3) is 3.55. The van der Waals surface area contributed by atoms with Crippen LogP contribution in [0.5, 0.6) is 0 Å². The average molecular weight is 335 g/mol. The van der Waals surface area contributed by atoms with E-state index in [4.69, 9.17) is 0 Å². The molecule has 1 aromatic carbocycles. The van der Waals surface area contributed by atoms with Crippen LogP contribution in [0, 0.1) is 13.8 Å². The van der Waals surface area contributed by atoms with Gasteiger partial charge in [-0.2, -0.15) is 5.10 Å². The highest BCUT2D eigenvalue weighted by molar-refractivity contribution is 5.94. The van der Waals surface area contributed by atoms with E-state index < -0.39 is 5.91 Å². The van der Waals surface area contributed by atoms with E-state index in [1.807, 2.05) is 31.2 Å². The number of nitrogens with zero attached hydrogens (tertiary/aromatic N) is 3. The van der Waals surface area contributed by atoms with Crippen molar-refractivity contribution in [3.05, 3.63) is 81.5 Å². The van der Waals surface area contributed by atoms with Gasteiger partial charge in [-0.1, -0.05) is 12.1 Å². The molecule has 2 heterocycles. The van der Waals surface area contributed by atoms with Gasteiger partial charge in [0, 0.05) is 18.1 Å². The highest BCUT2D eigenvalue weighted by Crippen LogP contribution is 2.08. The lowest BCUT2D eigenvalue weighted by atomic mass is 10.2. The van der Waals surface area contributed by atoms with Crippen molar-refractivity contribution in [3.8, 4) is 5.69 Å². The van der Waals surface area contributed by atoms with Crippen LogP contribution < -0.4 is 11.0 Å². The Morgan fingerprint density at radius 2 is 2.12 bits per heavy atom. The zero-order chi connectivity index (χ0) is 17.8. The number of amides is 1. The molecule has 0 radical (unpaired) electrons. The summed E-state index contributed by atoms with van der Waals surface area (Å²) in [4.78, 5) is 28.4. The van der Waals surface area contributed by atoms with Crippen LogP contribution in [0.3, 0.4) is 0 Å². The molecule has 126 valence electrons. The second-order valence-electron chi connectivity index (χ2n) is 5.57. The molecule has 3 rings (SSSR count). The van der Waals surface area contributed by atoms with E-state index in [0.717, 1.165) is 11.3 Å². The Hall–Kier alpha value is -3.48. The topological polar surface area (TPSA) is 92.1 Å². The molecule has 0 aliphatic heterocycles. The minimum atomic E-state index is -0.392. The monoisotopic (exact) mass is 335 g/mol. The van der Waals surface area contributed by atoms with Crippen LogP contribution in [0.4, 0.5) is 0 Å². The summed E-state index contributed by atoms with van der Waals surface area (Å²) in [5, 5.41) is 6.89. The van der Waals surface area contributed by atoms with Gasteiger partial charge in [0.2, 0.25) is 0 Å². The van der Waals surface area contributed by atoms with Crippen LogP contribution in [0.15, 0.2) is 58.7 Å². The van der Waals surface area contributed by atoms with Crippen molar-refractivity contribution < 1.29 is 4.79 Å². The summed E-state index contributed by atoms with van der Waals surface area (Å²) in [6.45, 7) is 3.73. The highest BCUT2D eigenvalue weighted by Gasteiger charge is 2.11. The van der Waals surface area contributed by atoms with Gasteiger partial charge < -0.3 is 0 Å². The molecular formula is C18H17N5O2. The molecule has 0 unspecified atom stereocenters. The molecule has 0 saturated carbocycles. The van der Waals surface area contributed by atoms with Crippen molar-refractivity contribution in [2.45, 2.75) is 13.8 Å². The Kier molecular flexibility index (Phi) is 4.56. The predicted octanol–water partition coefficient (Wildman–Crippen LogP) is 1.94. The van der Waals surface area contributed by atoms with Crippen molar-refractivity contribution in [2.75, 3.05) is 0 Å². The number of H-pyrrole nitrogens is 1. The zero-order valence-corrected chi connectivity index (χ0v) is 13.9.